The molecule has 11 heteroatoms. The highest BCUT2D eigenvalue weighted by atomic mass is 16.2. The molecule has 11 nitrogen and oxygen atoms in total. The monoisotopic (exact) mass is 664 g/mol. The molecule has 256 valence electrons. The summed E-state index contributed by atoms with van der Waals surface area (Å²) < 4.78 is 0. The highest BCUT2D eigenvalue weighted by Crippen LogP contribution is 2.32. The Balaban J connectivity index is 1.14. The lowest BCUT2D eigenvalue weighted by molar-refractivity contribution is -0.129. The third-order valence-electron chi connectivity index (χ3n) is 10.1. The van der Waals surface area contributed by atoms with Gasteiger partial charge >= 0.3 is 0 Å². The van der Waals surface area contributed by atoms with Crippen molar-refractivity contribution in [2.45, 2.75) is 70.8 Å². The van der Waals surface area contributed by atoms with E-state index in [0.717, 1.165) is 65.6 Å². The van der Waals surface area contributed by atoms with Crippen molar-refractivity contribution >= 4 is 40.8 Å². The molecule has 1 saturated carbocycles. The Kier molecular flexibility index (Phi) is 10.5. The van der Waals surface area contributed by atoms with E-state index in [0.29, 0.717) is 37.5 Å². The lowest BCUT2D eigenvalue weighted by atomic mass is 9.77. The van der Waals surface area contributed by atoms with Crippen LogP contribution >= 0.6 is 0 Å². The normalized spacial score (nSPS) is 20.8. The van der Waals surface area contributed by atoms with E-state index in [1.165, 1.54) is 0 Å². The van der Waals surface area contributed by atoms with E-state index < -0.39 is 12.0 Å². The van der Waals surface area contributed by atoms with Crippen LogP contribution in [0, 0.1) is 24.7 Å². The van der Waals surface area contributed by atoms with E-state index in [2.05, 4.69) is 26.3 Å². The fraction of sp³-hybridized carbons (Fsp3) is 0.421. The number of fused-ring (bicyclic) bond motifs is 1. The number of Topliss-reactive ketones (excluding diaryl/α,β-unsaturated/α-hetero) is 1. The molecule has 0 spiro atoms. The zero-order valence-corrected chi connectivity index (χ0v) is 27.8. The van der Waals surface area contributed by atoms with Crippen LogP contribution in [0.5, 0.6) is 0 Å². The smallest absolute Gasteiger partial charge is 0.270 e. The number of pyridine rings is 1. The summed E-state index contributed by atoms with van der Waals surface area (Å²) in [5, 5.41) is 11.4. The summed E-state index contributed by atoms with van der Waals surface area (Å²) in [6.45, 7) is 3.17. The minimum absolute atomic E-state index is 0.0575. The van der Waals surface area contributed by atoms with Gasteiger partial charge in [-0.15, -0.1) is 0 Å². The number of anilines is 2. The van der Waals surface area contributed by atoms with Crippen molar-refractivity contribution in [1.82, 2.24) is 15.6 Å². The number of amides is 4. The lowest BCUT2D eigenvalue weighted by Gasteiger charge is -2.27. The SMILES string of the molecule is Cc1cc(C(=O)N[C@@H]2CCCNC2=O)ncc1-c1ccc(C[C@H](CC(=O)C2CCC(CN)CC2)C(=O)Nc2ccc3c(c2)CC(=O)N3)cc1. The maximum Gasteiger partial charge on any atom is 0.270 e. The van der Waals surface area contributed by atoms with Crippen molar-refractivity contribution in [2.75, 3.05) is 23.7 Å². The molecule has 6 rings (SSSR count). The molecular formula is C38H44N6O5. The molecule has 3 aromatic rings. The van der Waals surface area contributed by atoms with Crippen molar-refractivity contribution in [3.8, 4) is 11.1 Å². The second-order valence-electron chi connectivity index (χ2n) is 13.7. The van der Waals surface area contributed by atoms with Crippen LogP contribution in [0.2, 0.25) is 0 Å². The summed E-state index contributed by atoms with van der Waals surface area (Å²) in [6, 6.07) is 14.4. The minimum Gasteiger partial charge on any atom is -0.354 e. The summed E-state index contributed by atoms with van der Waals surface area (Å²) >= 11 is 0. The number of nitrogens with one attached hydrogen (secondary N) is 4. The number of carbonyl (C=O) groups is 5. The van der Waals surface area contributed by atoms with Crippen LogP contribution in [0.25, 0.3) is 11.1 Å². The Labute approximate surface area is 286 Å². The molecule has 2 aliphatic heterocycles. The van der Waals surface area contributed by atoms with Gasteiger partial charge in [0.15, 0.2) is 0 Å². The van der Waals surface area contributed by atoms with Gasteiger partial charge in [0.25, 0.3) is 5.91 Å². The number of carbonyl (C=O) groups excluding carboxylic acids is 5. The number of ketones is 1. The summed E-state index contributed by atoms with van der Waals surface area (Å²) in [5.74, 6) is -0.930. The molecule has 0 bridgehead atoms. The van der Waals surface area contributed by atoms with Gasteiger partial charge in [0, 0.05) is 47.9 Å². The number of hydrogen-bond donors (Lipinski definition) is 5. The average molecular weight is 665 g/mol. The predicted octanol–water partition coefficient (Wildman–Crippen LogP) is 4.08. The molecule has 49 heavy (non-hydrogen) atoms. The first-order valence-electron chi connectivity index (χ1n) is 17.3. The third kappa shape index (κ3) is 8.22. The summed E-state index contributed by atoms with van der Waals surface area (Å²) in [6.07, 6.45) is 7.34. The number of piperidine rings is 1. The van der Waals surface area contributed by atoms with Crippen LogP contribution in [0.4, 0.5) is 11.4 Å². The van der Waals surface area contributed by atoms with E-state index in [1.54, 1.807) is 24.4 Å². The highest BCUT2D eigenvalue weighted by molar-refractivity contribution is 6.01. The Bertz CT molecular complexity index is 1750. The fourth-order valence-electron chi connectivity index (χ4n) is 7.17. The Morgan fingerprint density at radius 1 is 1.00 bits per heavy atom. The Morgan fingerprint density at radius 2 is 1.78 bits per heavy atom. The quantitative estimate of drug-likeness (QED) is 0.205. The zero-order valence-electron chi connectivity index (χ0n) is 27.8. The number of aryl methyl sites for hydroxylation is 1. The lowest BCUT2D eigenvalue weighted by Crippen LogP contribution is -2.50. The maximum atomic E-state index is 13.7. The first kappa shape index (κ1) is 34.0. The van der Waals surface area contributed by atoms with Crippen LogP contribution in [-0.4, -0.2) is 53.5 Å². The largest absolute Gasteiger partial charge is 0.354 e. The molecule has 1 aromatic heterocycles. The van der Waals surface area contributed by atoms with Gasteiger partial charge in [-0.25, -0.2) is 0 Å². The Morgan fingerprint density at radius 3 is 2.49 bits per heavy atom. The van der Waals surface area contributed by atoms with Crippen LogP contribution in [0.3, 0.4) is 0 Å². The predicted molar refractivity (Wildman–Crippen MR) is 187 cm³/mol. The number of benzene rings is 2. The maximum absolute atomic E-state index is 13.7. The number of rotatable bonds is 11. The molecule has 6 N–H and O–H groups in total. The van der Waals surface area contributed by atoms with Crippen molar-refractivity contribution in [1.29, 1.82) is 0 Å². The first-order valence-corrected chi connectivity index (χ1v) is 17.3. The average Bonchev–Trinajstić information content (AvgIpc) is 3.48. The molecule has 1 aliphatic carbocycles. The molecule has 3 aliphatic rings. The van der Waals surface area contributed by atoms with Gasteiger partial charge < -0.3 is 27.0 Å². The molecule has 4 amide bonds. The number of nitrogens with two attached hydrogens (primary N) is 1. The van der Waals surface area contributed by atoms with Gasteiger partial charge in [-0.1, -0.05) is 24.3 Å². The van der Waals surface area contributed by atoms with Gasteiger partial charge in [0.1, 0.15) is 17.5 Å². The Hall–Kier alpha value is -4.90. The second-order valence-corrected chi connectivity index (χ2v) is 13.7. The summed E-state index contributed by atoms with van der Waals surface area (Å²) in [4.78, 5) is 68.4. The van der Waals surface area contributed by atoms with Crippen molar-refractivity contribution in [2.24, 2.45) is 23.5 Å². The third-order valence-corrected chi connectivity index (χ3v) is 10.1. The summed E-state index contributed by atoms with van der Waals surface area (Å²) in [5.41, 5.74) is 11.8. The topological polar surface area (TPSA) is 172 Å². The van der Waals surface area contributed by atoms with Gasteiger partial charge in [-0.05, 0) is 111 Å². The molecule has 3 heterocycles. The van der Waals surface area contributed by atoms with Gasteiger partial charge in [-0.2, -0.15) is 0 Å². The van der Waals surface area contributed by atoms with E-state index in [-0.39, 0.29) is 53.9 Å². The van der Waals surface area contributed by atoms with Crippen LogP contribution in [0.15, 0.2) is 54.7 Å². The second kappa shape index (κ2) is 15.1. The number of hydrogen-bond acceptors (Lipinski definition) is 7. The zero-order chi connectivity index (χ0) is 34.5. The van der Waals surface area contributed by atoms with Crippen molar-refractivity contribution in [3.63, 3.8) is 0 Å². The van der Waals surface area contributed by atoms with E-state index in [4.69, 9.17) is 5.73 Å². The minimum atomic E-state index is -0.578. The molecule has 2 atom stereocenters. The molecular weight excluding hydrogens is 620 g/mol. The molecule has 0 unspecified atom stereocenters. The van der Waals surface area contributed by atoms with Crippen LogP contribution in [0.1, 0.15) is 72.1 Å². The van der Waals surface area contributed by atoms with Gasteiger partial charge in [0.2, 0.25) is 17.7 Å². The van der Waals surface area contributed by atoms with Crippen molar-refractivity contribution < 1.29 is 24.0 Å². The molecule has 2 fully saturated rings. The molecule has 1 saturated heterocycles. The summed E-state index contributed by atoms with van der Waals surface area (Å²) in [7, 11) is 0. The van der Waals surface area contributed by atoms with E-state index >= 15 is 0 Å². The van der Waals surface area contributed by atoms with Crippen LogP contribution in [-0.2, 0) is 32.0 Å². The molecule has 0 radical (unpaired) electrons. The van der Waals surface area contributed by atoms with E-state index in [9.17, 15) is 24.0 Å². The highest BCUT2D eigenvalue weighted by Gasteiger charge is 2.30. The van der Waals surface area contributed by atoms with Crippen molar-refractivity contribution in [3.05, 3.63) is 77.1 Å². The fourth-order valence-corrected chi connectivity index (χ4v) is 7.17. The number of nitrogens with zero attached hydrogens (tertiary/aromatic N) is 1. The first-order chi connectivity index (χ1) is 23.7. The molecule has 2 aromatic carbocycles. The van der Waals surface area contributed by atoms with Gasteiger partial charge in [-0.3, -0.25) is 29.0 Å². The standard InChI is InChI=1S/C38H44N6O5/c1-22-15-33(38(49)44-32-3-2-14-40-37(32)48)41-21-30(22)25-8-4-23(5-9-25)16-28(18-34(45)26-10-6-24(20-39)7-11-26)36(47)42-29-12-13-31-27(17-29)19-35(46)43-31/h4-5,8-9,12-13,15,17,21,24,26,28,32H,2-3,6-7,10-11,14,16,18-20,39H2,1H3,(H,40,48)(H,42,47)(H,43,46)(H,44,49)/t24?,26?,28-,32-/m1/s1. The number of aromatic nitrogens is 1. The van der Waals surface area contributed by atoms with E-state index in [1.807, 2.05) is 37.3 Å². The van der Waals surface area contributed by atoms with Gasteiger partial charge in [0.05, 0.1) is 6.42 Å². The van der Waals surface area contributed by atoms with Crippen LogP contribution < -0.4 is 27.0 Å².